The zero-order chi connectivity index (χ0) is 22.0. The van der Waals surface area contributed by atoms with Gasteiger partial charge >= 0.3 is 6.01 Å². The molecule has 0 radical (unpaired) electrons. The van der Waals surface area contributed by atoms with Gasteiger partial charge in [-0.1, -0.05) is 0 Å². The lowest BCUT2D eigenvalue weighted by Gasteiger charge is -2.23. The summed E-state index contributed by atoms with van der Waals surface area (Å²) in [5, 5.41) is 3.75. The van der Waals surface area contributed by atoms with Crippen LogP contribution in [0.3, 0.4) is 0 Å². The van der Waals surface area contributed by atoms with Gasteiger partial charge in [0.1, 0.15) is 5.65 Å². The fraction of sp³-hybridized carbons (Fsp3) is 0.348. The molecule has 1 saturated heterocycles. The molecule has 1 aliphatic heterocycles. The quantitative estimate of drug-likeness (QED) is 0.491. The highest BCUT2D eigenvalue weighted by molar-refractivity contribution is 6.18. The zero-order valence-electron chi connectivity index (χ0n) is 17.8. The molecule has 2 N–H and O–H groups in total. The predicted molar refractivity (Wildman–Crippen MR) is 119 cm³/mol. The van der Waals surface area contributed by atoms with Crippen LogP contribution in [0.25, 0.3) is 33.1 Å². The second-order valence-corrected chi connectivity index (χ2v) is 8.72. The van der Waals surface area contributed by atoms with E-state index < -0.39 is 11.6 Å². The molecule has 32 heavy (non-hydrogen) atoms. The molecule has 0 unspecified atom stereocenters. The first kappa shape index (κ1) is 19.2. The summed E-state index contributed by atoms with van der Waals surface area (Å²) in [5.41, 5.74) is 4.21. The van der Waals surface area contributed by atoms with E-state index in [4.69, 9.17) is 4.74 Å². The van der Waals surface area contributed by atoms with Crippen molar-refractivity contribution in [3.63, 3.8) is 0 Å². The first-order valence-corrected chi connectivity index (χ1v) is 10.6. The number of nitrogens with zero attached hydrogens (tertiary/aromatic N) is 4. The standard InChI is InChI=1S/C23H22F2N6O/c1-26-15-7-14(24)18(25)16-17-20(31-6-5-23(11-31)3-4-23)13(10-27-21(17)30-19(15)16)12-8-28-22(32-2)29-9-12/h7-10,26H,3-6,11H2,1-2H3,(H,27,30). The second-order valence-electron chi connectivity index (χ2n) is 8.72. The van der Waals surface area contributed by atoms with Crippen molar-refractivity contribution >= 4 is 33.3 Å². The number of halogens is 2. The summed E-state index contributed by atoms with van der Waals surface area (Å²) in [7, 11) is 3.19. The molecule has 2 aliphatic rings. The molecule has 0 bridgehead atoms. The van der Waals surface area contributed by atoms with Gasteiger partial charge in [0, 0.05) is 55.9 Å². The van der Waals surface area contributed by atoms with Crippen LogP contribution in [-0.4, -0.2) is 47.2 Å². The summed E-state index contributed by atoms with van der Waals surface area (Å²) < 4.78 is 34.9. The van der Waals surface area contributed by atoms with Crippen LogP contribution in [0.1, 0.15) is 19.3 Å². The van der Waals surface area contributed by atoms with Crippen molar-refractivity contribution in [2.75, 3.05) is 37.5 Å². The maximum Gasteiger partial charge on any atom is 0.316 e. The summed E-state index contributed by atoms with van der Waals surface area (Å²) in [4.78, 5) is 18.6. The monoisotopic (exact) mass is 436 g/mol. The van der Waals surface area contributed by atoms with Gasteiger partial charge in [-0.25, -0.2) is 23.7 Å². The van der Waals surface area contributed by atoms with Crippen LogP contribution in [0, 0.1) is 17.0 Å². The van der Waals surface area contributed by atoms with Crippen molar-refractivity contribution < 1.29 is 13.5 Å². The first-order valence-electron chi connectivity index (χ1n) is 10.6. The van der Waals surface area contributed by atoms with Crippen LogP contribution in [-0.2, 0) is 0 Å². The van der Waals surface area contributed by atoms with E-state index in [0.717, 1.165) is 36.3 Å². The van der Waals surface area contributed by atoms with Gasteiger partial charge in [0.2, 0.25) is 0 Å². The Hall–Kier alpha value is -3.49. The van der Waals surface area contributed by atoms with Gasteiger partial charge in [0.25, 0.3) is 0 Å². The summed E-state index contributed by atoms with van der Waals surface area (Å²) in [6.07, 6.45) is 8.61. The second kappa shape index (κ2) is 6.75. The normalized spacial score (nSPS) is 16.9. The molecule has 2 fully saturated rings. The summed E-state index contributed by atoms with van der Waals surface area (Å²) in [6.45, 7) is 1.74. The number of ether oxygens (including phenoxy) is 1. The van der Waals surface area contributed by atoms with Crippen molar-refractivity contribution in [2.24, 2.45) is 5.41 Å². The Morgan fingerprint density at radius 3 is 2.53 bits per heavy atom. The number of nitrogens with one attached hydrogen (secondary N) is 2. The van der Waals surface area contributed by atoms with Crippen LogP contribution >= 0.6 is 0 Å². The van der Waals surface area contributed by atoms with Crippen molar-refractivity contribution in [1.82, 2.24) is 19.9 Å². The van der Waals surface area contributed by atoms with Gasteiger partial charge < -0.3 is 19.9 Å². The van der Waals surface area contributed by atoms with E-state index in [2.05, 4.69) is 30.2 Å². The number of fused-ring (bicyclic) bond motifs is 3. The number of anilines is 2. The summed E-state index contributed by atoms with van der Waals surface area (Å²) >= 11 is 0. The number of methoxy groups -OCH3 is 1. The highest BCUT2D eigenvalue weighted by atomic mass is 19.2. The minimum absolute atomic E-state index is 0.208. The average molecular weight is 436 g/mol. The third-order valence-electron chi connectivity index (χ3n) is 6.87. The number of hydrogen-bond donors (Lipinski definition) is 2. The molecule has 1 saturated carbocycles. The molecule has 7 nitrogen and oxygen atoms in total. The number of aromatic nitrogens is 4. The van der Waals surface area contributed by atoms with Crippen LogP contribution in [0.4, 0.5) is 20.2 Å². The molecule has 1 aromatic carbocycles. The van der Waals surface area contributed by atoms with Crippen molar-refractivity contribution in [3.8, 4) is 17.1 Å². The summed E-state index contributed by atoms with van der Waals surface area (Å²) in [5.74, 6) is -1.77. The number of benzene rings is 1. The molecular weight excluding hydrogens is 414 g/mol. The molecule has 1 spiro atoms. The van der Waals surface area contributed by atoms with Crippen LogP contribution < -0.4 is 15.0 Å². The van der Waals surface area contributed by atoms with E-state index in [0.29, 0.717) is 27.7 Å². The van der Waals surface area contributed by atoms with Gasteiger partial charge in [-0.3, -0.25) is 0 Å². The van der Waals surface area contributed by atoms with Gasteiger partial charge in [0.15, 0.2) is 11.6 Å². The maximum absolute atomic E-state index is 15.2. The lowest BCUT2D eigenvalue weighted by Crippen LogP contribution is -2.21. The summed E-state index contributed by atoms with van der Waals surface area (Å²) in [6, 6.07) is 1.43. The Bertz CT molecular complexity index is 1360. The topological polar surface area (TPSA) is 79.0 Å². The van der Waals surface area contributed by atoms with Gasteiger partial charge in [-0.05, 0) is 24.7 Å². The van der Waals surface area contributed by atoms with E-state index >= 15 is 4.39 Å². The van der Waals surface area contributed by atoms with Gasteiger partial charge in [0.05, 0.1) is 34.8 Å². The molecule has 1 aliphatic carbocycles. The SMILES string of the molecule is CNc1cc(F)c(F)c2c1[nH]c1ncc(-c3cnc(OC)nc3)c(N3CCC4(CC4)C3)c12. The first-order chi connectivity index (χ1) is 15.5. The molecular formula is C23H22F2N6O. The Labute approximate surface area is 182 Å². The minimum Gasteiger partial charge on any atom is -0.467 e. The van der Waals surface area contributed by atoms with Crippen LogP contribution in [0.15, 0.2) is 24.7 Å². The lowest BCUT2D eigenvalue weighted by molar-refractivity contribution is 0.380. The Morgan fingerprint density at radius 2 is 1.88 bits per heavy atom. The lowest BCUT2D eigenvalue weighted by atomic mass is 10.0. The molecule has 3 aromatic heterocycles. The Morgan fingerprint density at radius 1 is 1.09 bits per heavy atom. The van der Waals surface area contributed by atoms with Crippen molar-refractivity contribution in [2.45, 2.75) is 19.3 Å². The minimum atomic E-state index is -0.896. The third-order valence-corrected chi connectivity index (χ3v) is 6.87. The van der Waals surface area contributed by atoms with Crippen LogP contribution in [0.2, 0.25) is 0 Å². The predicted octanol–water partition coefficient (Wildman–Crippen LogP) is 4.49. The fourth-order valence-electron chi connectivity index (χ4n) is 4.95. The number of rotatable bonds is 4. The highest BCUT2D eigenvalue weighted by Crippen LogP contribution is 2.55. The molecule has 4 heterocycles. The maximum atomic E-state index is 15.2. The highest BCUT2D eigenvalue weighted by Gasteiger charge is 2.48. The fourth-order valence-corrected chi connectivity index (χ4v) is 4.95. The number of hydrogen-bond acceptors (Lipinski definition) is 6. The average Bonchev–Trinajstić information content (AvgIpc) is 3.26. The van der Waals surface area contributed by atoms with Crippen LogP contribution in [0.5, 0.6) is 6.01 Å². The van der Waals surface area contributed by atoms with E-state index in [-0.39, 0.29) is 11.4 Å². The van der Waals surface area contributed by atoms with E-state index in [1.807, 2.05) is 0 Å². The van der Waals surface area contributed by atoms with Crippen molar-refractivity contribution in [1.29, 1.82) is 0 Å². The molecule has 0 atom stereocenters. The number of pyridine rings is 1. The number of H-pyrrole nitrogens is 1. The van der Waals surface area contributed by atoms with E-state index in [1.165, 1.54) is 26.0 Å². The smallest absolute Gasteiger partial charge is 0.316 e. The third kappa shape index (κ3) is 2.73. The Kier molecular flexibility index (Phi) is 4.05. The molecule has 6 rings (SSSR count). The Balaban J connectivity index is 1.68. The molecule has 0 amide bonds. The molecule has 4 aromatic rings. The van der Waals surface area contributed by atoms with Gasteiger partial charge in [-0.2, -0.15) is 0 Å². The van der Waals surface area contributed by atoms with Gasteiger partial charge in [-0.15, -0.1) is 0 Å². The zero-order valence-corrected chi connectivity index (χ0v) is 17.8. The number of aromatic amines is 1. The molecule has 9 heteroatoms. The van der Waals surface area contributed by atoms with E-state index in [1.54, 1.807) is 25.6 Å². The largest absolute Gasteiger partial charge is 0.467 e. The van der Waals surface area contributed by atoms with Crippen molar-refractivity contribution in [3.05, 3.63) is 36.3 Å². The van der Waals surface area contributed by atoms with E-state index in [9.17, 15) is 4.39 Å². The molecule has 164 valence electrons.